The van der Waals surface area contributed by atoms with Gasteiger partial charge in [0.25, 0.3) is 0 Å². The largest absolute Gasteiger partial charge is 0.481 e. The Bertz CT molecular complexity index is 968. The zero-order chi connectivity index (χ0) is 19.7. The van der Waals surface area contributed by atoms with E-state index in [2.05, 4.69) is 25.6 Å². The van der Waals surface area contributed by atoms with E-state index < -0.39 is 18.2 Å². The third kappa shape index (κ3) is 3.59. The molecule has 0 amide bonds. The third-order valence-corrected chi connectivity index (χ3v) is 5.77. The maximum atomic E-state index is 10.3. The molecule has 2 unspecified atom stereocenters. The van der Waals surface area contributed by atoms with Crippen LogP contribution in [0.25, 0.3) is 10.2 Å². The number of aliphatic hydroxyl groups is 3. The molecule has 1 aliphatic rings. The van der Waals surface area contributed by atoms with E-state index in [1.807, 2.05) is 11.4 Å². The molecule has 3 heterocycles. The quantitative estimate of drug-likeness (QED) is 0.414. The predicted octanol–water partition coefficient (Wildman–Crippen LogP) is 1.35. The van der Waals surface area contributed by atoms with Crippen LogP contribution in [0.15, 0.2) is 29.8 Å². The van der Waals surface area contributed by atoms with Crippen molar-refractivity contribution in [3.8, 4) is 5.88 Å². The highest BCUT2D eigenvalue weighted by Gasteiger charge is 2.41. The average Bonchev–Trinajstić information content (AvgIpc) is 3.28. The standard InChI is InChI=1S/C18H21N5O4S/c1-27-13-7-10(2-4-19-13)20-18-22-11-3-5-28-16(11)17(23-18)21-12-6-9(8-24)14(25)15(12)26/h2-5,7,9,12,14-15,24-26H,6,8H2,1H3,(H2,19,20,21,22,23)/t9?,12?,14-,15+/m1/s1. The molecule has 1 fully saturated rings. The lowest BCUT2D eigenvalue weighted by molar-refractivity contribution is 0.00446. The number of hydrogen-bond acceptors (Lipinski definition) is 10. The summed E-state index contributed by atoms with van der Waals surface area (Å²) in [4.78, 5) is 13.2. The monoisotopic (exact) mass is 403 g/mol. The zero-order valence-corrected chi connectivity index (χ0v) is 15.9. The summed E-state index contributed by atoms with van der Waals surface area (Å²) in [6.07, 6.45) is 0.113. The minimum absolute atomic E-state index is 0.175. The number of nitrogens with zero attached hydrogens (tertiary/aromatic N) is 3. The van der Waals surface area contributed by atoms with E-state index in [-0.39, 0.29) is 12.5 Å². The molecule has 9 nitrogen and oxygen atoms in total. The fraction of sp³-hybridized carbons (Fsp3) is 0.389. The lowest BCUT2D eigenvalue weighted by atomic mass is 10.1. The number of thiophene rings is 1. The normalized spacial score (nSPS) is 24.4. The molecule has 0 saturated heterocycles. The van der Waals surface area contributed by atoms with Crippen molar-refractivity contribution in [1.82, 2.24) is 15.0 Å². The molecule has 4 rings (SSSR count). The first kappa shape index (κ1) is 18.8. The van der Waals surface area contributed by atoms with Crippen molar-refractivity contribution in [2.45, 2.75) is 24.7 Å². The Labute approximate surface area is 165 Å². The van der Waals surface area contributed by atoms with Gasteiger partial charge in [-0.3, -0.25) is 0 Å². The van der Waals surface area contributed by atoms with Gasteiger partial charge in [0.15, 0.2) is 0 Å². The summed E-state index contributed by atoms with van der Waals surface area (Å²) < 4.78 is 5.98. The van der Waals surface area contributed by atoms with Gasteiger partial charge in [0, 0.05) is 30.5 Å². The molecular formula is C18H21N5O4S. The molecule has 0 aromatic carbocycles. The van der Waals surface area contributed by atoms with Crippen LogP contribution in [0.5, 0.6) is 5.88 Å². The lowest BCUT2D eigenvalue weighted by Crippen LogP contribution is -2.35. The van der Waals surface area contributed by atoms with E-state index in [9.17, 15) is 15.3 Å². The number of ether oxygens (including phenoxy) is 1. The SMILES string of the molecule is COc1cc(Nc2nc(NC3CC(CO)[C@@H](O)[C@H]3O)c3sccc3n2)ccn1. The van der Waals surface area contributed by atoms with Gasteiger partial charge < -0.3 is 30.7 Å². The van der Waals surface area contributed by atoms with Crippen molar-refractivity contribution in [2.24, 2.45) is 5.92 Å². The molecule has 4 atom stereocenters. The maximum Gasteiger partial charge on any atom is 0.229 e. The van der Waals surface area contributed by atoms with Crippen molar-refractivity contribution in [3.05, 3.63) is 29.8 Å². The van der Waals surface area contributed by atoms with E-state index in [0.29, 0.717) is 24.1 Å². The second-order valence-electron chi connectivity index (χ2n) is 6.65. The van der Waals surface area contributed by atoms with Gasteiger partial charge in [-0.05, 0) is 23.9 Å². The lowest BCUT2D eigenvalue weighted by Gasteiger charge is -2.19. The molecule has 0 radical (unpaired) electrons. The van der Waals surface area contributed by atoms with Gasteiger partial charge in [-0.15, -0.1) is 11.3 Å². The second kappa shape index (κ2) is 7.84. The van der Waals surface area contributed by atoms with E-state index >= 15 is 0 Å². The fourth-order valence-electron chi connectivity index (χ4n) is 3.37. The van der Waals surface area contributed by atoms with Crippen molar-refractivity contribution >= 4 is 39.0 Å². The molecule has 0 spiro atoms. The summed E-state index contributed by atoms with van der Waals surface area (Å²) in [5, 5.41) is 38.0. The van der Waals surface area contributed by atoms with Crippen LogP contribution in [0.2, 0.25) is 0 Å². The molecule has 28 heavy (non-hydrogen) atoms. The Hall–Kier alpha value is -2.53. The molecule has 5 N–H and O–H groups in total. The molecule has 0 aliphatic heterocycles. The van der Waals surface area contributed by atoms with Crippen LogP contribution >= 0.6 is 11.3 Å². The number of methoxy groups -OCH3 is 1. The van der Waals surface area contributed by atoms with Crippen molar-refractivity contribution in [1.29, 1.82) is 0 Å². The summed E-state index contributed by atoms with van der Waals surface area (Å²) in [5.74, 6) is 1.06. The summed E-state index contributed by atoms with van der Waals surface area (Å²) in [6, 6.07) is 4.99. The second-order valence-corrected chi connectivity index (χ2v) is 7.57. The highest BCUT2D eigenvalue weighted by Crippen LogP contribution is 2.33. The molecule has 1 saturated carbocycles. The Kier molecular flexibility index (Phi) is 5.27. The maximum absolute atomic E-state index is 10.3. The highest BCUT2D eigenvalue weighted by atomic mass is 32.1. The van der Waals surface area contributed by atoms with E-state index in [1.165, 1.54) is 11.3 Å². The molecule has 3 aromatic heterocycles. The Balaban J connectivity index is 1.62. The number of nitrogens with one attached hydrogen (secondary N) is 2. The summed E-state index contributed by atoms with van der Waals surface area (Å²) in [5.41, 5.74) is 1.49. The highest BCUT2D eigenvalue weighted by molar-refractivity contribution is 7.17. The fourth-order valence-corrected chi connectivity index (χ4v) is 4.15. The Morgan fingerprint density at radius 3 is 2.86 bits per heavy atom. The Morgan fingerprint density at radius 1 is 1.25 bits per heavy atom. The minimum Gasteiger partial charge on any atom is -0.481 e. The number of hydrogen-bond donors (Lipinski definition) is 5. The van der Waals surface area contributed by atoms with Gasteiger partial charge in [0.05, 0.1) is 29.5 Å². The van der Waals surface area contributed by atoms with Gasteiger partial charge >= 0.3 is 0 Å². The van der Waals surface area contributed by atoms with Gasteiger partial charge in [0.2, 0.25) is 11.8 Å². The summed E-state index contributed by atoms with van der Waals surface area (Å²) in [6.45, 7) is -0.175. The zero-order valence-electron chi connectivity index (χ0n) is 15.1. The van der Waals surface area contributed by atoms with Crippen LogP contribution in [0.1, 0.15) is 6.42 Å². The van der Waals surface area contributed by atoms with Crippen LogP contribution in [-0.4, -0.2) is 62.2 Å². The van der Waals surface area contributed by atoms with Crippen LogP contribution in [0.4, 0.5) is 17.5 Å². The molecule has 3 aromatic rings. The molecule has 0 bridgehead atoms. The number of anilines is 3. The van der Waals surface area contributed by atoms with Crippen molar-refractivity contribution < 1.29 is 20.1 Å². The molecule has 10 heteroatoms. The van der Waals surface area contributed by atoms with Gasteiger partial charge in [0.1, 0.15) is 11.9 Å². The number of pyridine rings is 1. The minimum atomic E-state index is -0.983. The first-order valence-corrected chi connectivity index (χ1v) is 9.73. The predicted molar refractivity (Wildman–Crippen MR) is 106 cm³/mol. The average molecular weight is 403 g/mol. The third-order valence-electron chi connectivity index (χ3n) is 4.86. The van der Waals surface area contributed by atoms with Crippen molar-refractivity contribution in [2.75, 3.05) is 24.4 Å². The van der Waals surface area contributed by atoms with Gasteiger partial charge in [-0.2, -0.15) is 4.98 Å². The van der Waals surface area contributed by atoms with E-state index in [0.717, 1.165) is 15.9 Å². The van der Waals surface area contributed by atoms with Gasteiger partial charge in [-0.1, -0.05) is 0 Å². The van der Waals surface area contributed by atoms with Crippen LogP contribution in [0.3, 0.4) is 0 Å². The van der Waals surface area contributed by atoms with E-state index in [4.69, 9.17) is 4.74 Å². The van der Waals surface area contributed by atoms with Crippen LogP contribution < -0.4 is 15.4 Å². The number of aliphatic hydroxyl groups excluding tert-OH is 3. The summed E-state index contributed by atoms with van der Waals surface area (Å²) >= 11 is 1.49. The van der Waals surface area contributed by atoms with Crippen molar-refractivity contribution in [3.63, 3.8) is 0 Å². The smallest absolute Gasteiger partial charge is 0.229 e. The first-order chi connectivity index (χ1) is 13.6. The molecule has 148 valence electrons. The molecular weight excluding hydrogens is 382 g/mol. The van der Waals surface area contributed by atoms with Gasteiger partial charge in [-0.25, -0.2) is 9.97 Å². The number of rotatable bonds is 6. The summed E-state index contributed by atoms with van der Waals surface area (Å²) in [7, 11) is 1.54. The van der Waals surface area contributed by atoms with Crippen LogP contribution in [-0.2, 0) is 0 Å². The van der Waals surface area contributed by atoms with Crippen LogP contribution in [0, 0.1) is 5.92 Å². The number of aromatic nitrogens is 3. The Morgan fingerprint density at radius 2 is 2.11 bits per heavy atom. The topological polar surface area (TPSA) is 133 Å². The number of fused-ring (bicyclic) bond motifs is 1. The molecule has 1 aliphatic carbocycles. The van der Waals surface area contributed by atoms with E-state index in [1.54, 1.807) is 25.4 Å². The first-order valence-electron chi connectivity index (χ1n) is 8.85.